The molecule has 0 aliphatic carbocycles. The fraction of sp³-hybridized carbons (Fsp3) is 0.500. The molecular weight excluding hydrogens is 266 g/mol. The average Bonchev–Trinajstić information content (AvgIpc) is 2.92. The summed E-state index contributed by atoms with van der Waals surface area (Å²) in [6.07, 6.45) is 2.01. The van der Waals surface area contributed by atoms with Gasteiger partial charge in [-0.1, -0.05) is 13.0 Å². The average molecular weight is 289 g/mol. The maximum Gasteiger partial charge on any atom is 0.247 e. The summed E-state index contributed by atoms with van der Waals surface area (Å²) in [6.45, 7) is 8.01. The summed E-state index contributed by atoms with van der Waals surface area (Å²) >= 11 is 0. The van der Waals surface area contributed by atoms with Crippen LogP contribution in [0, 0.1) is 0 Å². The van der Waals surface area contributed by atoms with Crippen LogP contribution in [0.1, 0.15) is 33.1 Å². The van der Waals surface area contributed by atoms with Gasteiger partial charge in [0.2, 0.25) is 11.8 Å². The third kappa shape index (κ3) is 4.86. The Kier molecular flexibility index (Phi) is 5.75. The van der Waals surface area contributed by atoms with E-state index in [0.717, 1.165) is 37.2 Å². The number of ether oxygens (including phenoxy) is 1. The Balaban J connectivity index is 2.00. The summed E-state index contributed by atoms with van der Waals surface area (Å²) < 4.78 is 11.4. The van der Waals surface area contributed by atoms with E-state index in [4.69, 9.17) is 9.15 Å². The summed E-state index contributed by atoms with van der Waals surface area (Å²) in [6, 6.07) is 7.72. The van der Waals surface area contributed by atoms with E-state index in [-0.39, 0.29) is 6.10 Å². The Morgan fingerprint density at radius 2 is 2.10 bits per heavy atom. The fourth-order valence-electron chi connectivity index (χ4n) is 1.94. The van der Waals surface area contributed by atoms with Crippen molar-refractivity contribution in [1.82, 2.24) is 15.5 Å². The number of hydrogen-bond acceptors (Lipinski definition) is 5. The zero-order chi connectivity index (χ0) is 15.1. The third-order valence-electron chi connectivity index (χ3n) is 2.86. The van der Waals surface area contributed by atoms with Gasteiger partial charge in [-0.3, -0.25) is 0 Å². The summed E-state index contributed by atoms with van der Waals surface area (Å²) in [5, 5.41) is 11.5. The minimum Gasteiger partial charge on any atom is -0.491 e. The zero-order valence-corrected chi connectivity index (χ0v) is 12.9. The summed E-state index contributed by atoms with van der Waals surface area (Å²) in [5.74, 6) is 2.00. The van der Waals surface area contributed by atoms with E-state index < -0.39 is 0 Å². The second-order valence-corrected chi connectivity index (χ2v) is 5.20. The van der Waals surface area contributed by atoms with Crippen molar-refractivity contribution in [3.8, 4) is 17.2 Å². The van der Waals surface area contributed by atoms with E-state index in [0.29, 0.717) is 11.8 Å². The van der Waals surface area contributed by atoms with Gasteiger partial charge in [-0.05, 0) is 45.0 Å². The van der Waals surface area contributed by atoms with Gasteiger partial charge in [-0.15, -0.1) is 10.2 Å². The first-order chi connectivity index (χ1) is 10.2. The lowest BCUT2D eigenvalue weighted by atomic mass is 10.2. The van der Waals surface area contributed by atoms with Gasteiger partial charge < -0.3 is 14.5 Å². The van der Waals surface area contributed by atoms with E-state index in [1.807, 2.05) is 38.1 Å². The van der Waals surface area contributed by atoms with Crippen LogP contribution < -0.4 is 10.1 Å². The second-order valence-electron chi connectivity index (χ2n) is 5.20. The molecular formula is C16H23N3O2. The molecule has 0 radical (unpaired) electrons. The van der Waals surface area contributed by atoms with Gasteiger partial charge in [0.05, 0.1) is 6.10 Å². The van der Waals surface area contributed by atoms with E-state index >= 15 is 0 Å². The maximum atomic E-state index is 5.69. The maximum absolute atomic E-state index is 5.69. The minimum absolute atomic E-state index is 0.142. The quantitative estimate of drug-likeness (QED) is 0.757. The predicted molar refractivity (Wildman–Crippen MR) is 82.4 cm³/mol. The topological polar surface area (TPSA) is 60.2 Å². The SMILES string of the molecule is CCCNCCc1nnc(-c2cccc(OC(C)C)c2)o1. The minimum atomic E-state index is 0.142. The van der Waals surface area contributed by atoms with Gasteiger partial charge in [-0.2, -0.15) is 0 Å². The number of nitrogens with one attached hydrogen (secondary N) is 1. The Labute approximate surface area is 125 Å². The number of hydrogen-bond donors (Lipinski definition) is 1. The molecule has 1 aromatic heterocycles. The van der Waals surface area contributed by atoms with Crippen molar-refractivity contribution in [2.75, 3.05) is 13.1 Å². The highest BCUT2D eigenvalue weighted by atomic mass is 16.5. The molecule has 0 aliphatic heterocycles. The van der Waals surface area contributed by atoms with Crippen molar-refractivity contribution in [3.05, 3.63) is 30.2 Å². The van der Waals surface area contributed by atoms with Crippen LogP contribution in [-0.4, -0.2) is 29.4 Å². The first kappa shape index (κ1) is 15.5. The van der Waals surface area contributed by atoms with Gasteiger partial charge in [0.15, 0.2) is 0 Å². The lowest BCUT2D eigenvalue weighted by molar-refractivity contribution is 0.242. The highest BCUT2D eigenvalue weighted by molar-refractivity contribution is 5.55. The van der Waals surface area contributed by atoms with Crippen LogP contribution >= 0.6 is 0 Å². The van der Waals surface area contributed by atoms with Gasteiger partial charge in [-0.25, -0.2) is 0 Å². The van der Waals surface area contributed by atoms with E-state index in [1.54, 1.807) is 0 Å². The molecule has 0 spiro atoms. The zero-order valence-electron chi connectivity index (χ0n) is 12.9. The fourth-order valence-corrected chi connectivity index (χ4v) is 1.94. The molecule has 2 aromatic rings. The number of rotatable bonds is 8. The van der Waals surface area contributed by atoms with Gasteiger partial charge in [0.1, 0.15) is 5.75 Å². The lowest BCUT2D eigenvalue weighted by Crippen LogP contribution is -2.17. The Morgan fingerprint density at radius 3 is 2.86 bits per heavy atom. The van der Waals surface area contributed by atoms with Crippen LogP contribution in [0.15, 0.2) is 28.7 Å². The molecule has 0 saturated heterocycles. The van der Waals surface area contributed by atoms with Crippen LogP contribution in [0.3, 0.4) is 0 Å². The van der Waals surface area contributed by atoms with Gasteiger partial charge in [0.25, 0.3) is 0 Å². The summed E-state index contributed by atoms with van der Waals surface area (Å²) in [7, 11) is 0. The number of benzene rings is 1. The molecule has 2 rings (SSSR count). The van der Waals surface area contributed by atoms with Crippen molar-refractivity contribution in [2.45, 2.75) is 39.7 Å². The summed E-state index contributed by atoms with van der Waals surface area (Å²) in [5.41, 5.74) is 0.883. The molecule has 0 bridgehead atoms. The Bertz CT molecular complexity index is 552. The monoisotopic (exact) mass is 289 g/mol. The molecule has 114 valence electrons. The third-order valence-corrected chi connectivity index (χ3v) is 2.86. The molecule has 1 aromatic carbocycles. The second kappa shape index (κ2) is 7.78. The molecule has 1 N–H and O–H groups in total. The molecule has 0 saturated carbocycles. The largest absolute Gasteiger partial charge is 0.491 e. The molecule has 1 heterocycles. The standard InChI is InChI=1S/C16H23N3O2/c1-4-9-17-10-8-15-18-19-16(21-15)13-6-5-7-14(11-13)20-12(2)3/h5-7,11-12,17H,4,8-10H2,1-3H3. The molecule has 0 amide bonds. The van der Waals surface area contributed by atoms with Crippen LogP contribution in [-0.2, 0) is 6.42 Å². The predicted octanol–water partition coefficient (Wildman–Crippen LogP) is 3.07. The highest BCUT2D eigenvalue weighted by Crippen LogP contribution is 2.23. The highest BCUT2D eigenvalue weighted by Gasteiger charge is 2.09. The van der Waals surface area contributed by atoms with Crippen molar-refractivity contribution in [2.24, 2.45) is 0 Å². The van der Waals surface area contributed by atoms with Crippen LogP contribution in [0.2, 0.25) is 0 Å². The smallest absolute Gasteiger partial charge is 0.247 e. The van der Waals surface area contributed by atoms with Crippen LogP contribution in [0.4, 0.5) is 0 Å². The van der Waals surface area contributed by atoms with E-state index in [1.165, 1.54) is 0 Å². The van der Waals surface area contributed by atoms with Crippen molar-refractivity contribution in [1.29, 1.82) is 0 Å². The van der Waals surface area contributed by atoms with Gasteiger partial charge >= 0.3 is 0 Å². The van der Waals surface area contributed by atoms with E-state index in [2.05, 4.69) is 22.4 Å². The van der Waals surface area contributed by atoms with Crippen molar-refractivity contribution < 1.29 is 9.15 Å². The van der Waals surface area contributed by atoms with E-state index in [9.17, 15) is 0 Å². The first-order valence-electron chi connectivity index (χ1n) is 7.49. The lowest BCUT2D eigenvalue weighted by Gasteiger charge is -2.09. The Morgan fingerprint density at radius 1 is 1.24 bits per heavy atom. The molecule has 5 heteroatoms. The molecule has 0 fully saturated rings. The van der Waals surface area contributed by atoms with Crippen molar-refractivity contribution >= 4 is 0 Å². The molecule has 0 atom stereocenters. The molecule has 0 aliphatic rings. The number of nitrogens with zero attached hydrogens (tertiary/aromatic N) is 2. The molecule has 0 unspecified atom stereocenters. The van der Waals surface area contributed by atoms with Crippen molar-refractivity contribution in [3.63, 3.8) is 0 Å². The van der Waals surface area contributed by atoms with Crippen LogP contribution in [0.5, 0.6) is 5.75 Å². The Hall–Kier alpha value is -1.88. The molecule has 21 heavy (non-hydrogen) atoms. The van der Waals surface area contributed by atoms with Crippen LogP contribution in [0.25, 0.3) is 11.5 Å². The normalized spacial score (nSPS) is 11.0. The van der Waals surface area contributed by atoms with Gasteiger partial charge in [0, 0.05) is 18.5 Å². The number of aromatic nitrogens is 2. The molecule has 5 nitrogen and oxygen atoms in total. The first-order valence-corrected chi connectivity index (χ1v) is 7.49. The summed E-state index contributed by atoms with van der Waals surface area (Å²) in [4.78, 5) is 0.